The molecule has 2 aromatic heterocycles. The van der Waals surface area contributed by atoms with E-state index in [1.54, 1.807) is 0 Å². The van der Waals surface area contributed by atoms with E-state index in [0.717, 1.165) is 36.3 Å². The highest BCUT2D eigenvalue weighted by molar-refractivity contribution is 5.94. The van der Waals surface area contributed by atoms with Gasteiger partial charge >= 0.3 is 0 Å². The number of amides is 2. The maximum Gasteiger partial charge on any atom is 0.270 e. The number of unbranched alkanes of at least 4 members (excludes halogenated alkanes) is 2. The number of aromatic nitrogens is 2. The average Bonchev–Trinajstić information content (AvgIpc) is 3.06. The molecule has 6 heteroatoms. The van der Waals surface area contributed by atoms with Gasteiger partial charge in [0, 0.05) is 24.8 Å². The van der Waals surface area contributed by atoms with Crippen molar-refractivity contribution in [3.05, 3.63) is 65.6 Å². The fourth-order valence-corrected chi connectivity index (χ4v) is 3.54. The number of hydrogen-bond donors (Lipinski definition) is 2. The first-order valence-corrected chi connectivity index (χ1v) is 10.9. The van der Waals surface area contributed by atoms with Crippen molar-refractivity contribution in [1.82, 2.24) is 14.7 Å². The molecule has 0 saturated carbocycles. The normalized spacial score (nSPS) is 11.5. The first-order chi connectivity index (χ1) is 14.8. The summed E-state index contributed by atoms with van der Waals surface area (Å²) in [7, 11) is 0. The number of imidazole rings is 1. The van der Waals surface area contributed by atoms with Crippen LogP contribution in [0.15, 0.2) is 48.7 Å². The maximum absolute atomic E-state index is 12.5. The van der Waals surface area contributed by atoms with Crippen molar-refractivity contribution in [3.63, 3.8) is 0 Å². The summed E-state index contributed by atoms with van der Waals surface area (Å²) in [4.78, 5) is 29.1. The van der Waals surface area contributed by atoms with Crippen molar-refractivity contribution in [2.45, 2.75) is 58.8 Å². The molecule has 1 aromatic carbocycles. The second-order valence-electron chi connectivity index (χ2n) is 8.92. The summed E-state index contributed by atoms with van der Waals surface area (Å²) in [6.45, 7) is 8.93. The molecule has 3 aromatic rings. The molecule has 0 fully saturated rings. The number of anilines is 1. The van der Waals surface area contributed by atoms with Gasteiger partial charge in [0.25, 0.3) is 5.91 Å². The number of nitrogens with zero attached hydrogens (tertiary/aromatic N) is 2. The number of hydrogen-bond acceptors (Lipinski definition) is 3. The molecule has 2 heterocycles. The first kappa shape index (κ1) is 22.5. The second kappa shape index (κ2) is 9.77. The lowest BCUT2D eigenvalue weighted by atomic mass is 9.87. The predicted octanol–water partition coefficient (Wildman–Crippen LogP) is 4.87. The van der Waals surface area contributed by atoms with E-state index in [1.165, 1.54) is 5.56 Å². The van der Waals surface area contributed by atoms with Gasteiger partial charge in [-0.25, -0.2) is 4.98 Å². The van der Waals surface area contributed by atoms with Gasteiger partial charge in [-0.05, 0) is 55.0 Å². The minimum atomic E-state index is -0.118. The number of nitrogens with one attached hydrogen (secondary N) is 2. The Balaban J connectivity index is 1.36. The Kier molecular flexibility index (Phi) is 7.10. The minimum Gasteiger partial charge on any atom is -0.351 e. The van der Waals surface area contributed by atoms with Crippen molar-refractivity contribution in [1.29, 1.82) is 0 Å². The summed E-state index contributed by atoms with van der Waals surface area (Å²) in [6.07, 6.45) is 4.81. The van der Waals surface area contributed by atoms with Gasteiger partial charge in [0.2, 0.25) is 5.91 Å². The number of aryl methyl sites for hydroxylation is 1. The highest BCUT2D eigenvalue weighted by Gasteiger charge is 2.16. The van der Waals surface area contributed by atoms with Crippen molar-refractivity contribution >= 4 is 23.1 Å². The quantitative estimate of drug-likeness (QED) is 0.511. The molecular weight excluding hydrogens is 388 g/mol. The first-order valence-electron chi connectivity index (χ1n) is 10.9. The van der Waals surface area contributed by atoms with Gasteiger partial charge in [0.15, 0.2) is 0 Å². The fraction of sp³-hybridized carbons (Fsp3) is 0.400. The number of fused-ring (bicyclic) bond motifs is 1. The van der Waals surface area contributed by atoms with Crippen molar-refractivity contribution in [3.8, 4) is 0 Å². The number of benzene rings is 1. The van der Waals surface area contributed by atoms with Crippen LogP contribution in [0.4, 0.5) is 5.69 Å². The Labute approximate surface area is 184 Å². The lowest BCUT2D eigenvalue weighted by Gasteiger charge is -2.19. The zero-order chi connectivity index (χ0) is 22.4. The number of pyridine rings is 1. The minimum absolute atomic E-state index is 0.0221. The van der Waals surface area contributed by atoms with E-state index in [0.29, 0.717) is 18.7 Å². The summed E-state index contributed by atoms with van der Waals surface area (Å²) < 4.78 is 1.81. The molecule has 2 amide bonds. The van der Waals surface area contributed by atoms with Gasteiger partial charge in [-0.1, -0.05) is 45.4 Å². The van der Waals surface area contributed by atoms with Gasteiger partial charge in [0.1, 0.15) is 11.3 Å². The van der Waals surface area contributed by atoms with E-state index in [2.05, 4.69) is 48.5 Å². The van der Waals surface area contributed by atoms with Gasteiger partial charge in [-0.15, -0.1) is 0 Å². The van der Waals surface area contributed by atoms with Crippen LogP contribution < -0.4 is 10.6 Å². The standard InChI is InChI=1S/C25H32N4O2/c1-18-23(29-17-9-7-10-21(29)27-18)24(31)26-16-8-5-6-11-22(30)28-20-14-12-19(13-15-20)25(2,3)4/h7,9-10,12-15,17H,5-6,8,11,16H2,1-4H3,(H,26,31)(H,28,30). The molecule has 164 valence electrons. The fourth-order valence-electron chi connectivity index (χ4n) is 3.54. The molecule has 0 atom stereocenters. The summed E-state index contributed by atoms with van der Waals surface area (Å²) in [5.74, 6) is -0.0958. The third kappa shape index (κ3) is 5.94. The molecule has 3 rings (SSSR count). The van der Waals surface area contributed by atoms with Crippen LogP contribution in [0.2, 0.25) is 0 Å². The van der Waals surface area contributed by atoms with E-state index < -0.39 is 0 Å². The molecule has 0 aliphatic carbocycles. The molecule has 0 radical (unpaired) electrons. The van der Waals surface area contributed by atoms with E-state index >= 15 is 0 Å². The zero-order valence-electron chi connectivity index (χ0n) is 18.9. The highest BCUT2D eigenvalue weighted by atomic mass is 16.2. The van der Waals surface area contributed by atoms with E-state index in [-0.39, 0.29) is 17.2 Å². The van der Waals surface area contributed by atoms with Crippen LogP contribution in [0.3, 0.4) is 0 Å². The van der Waals surface area contributed by atoms with E-state index in [9.17, 15) is 9.59 Å². The Morgan fingerprint density at radius 1 is 1.00 bits per heavy atom. The highest BCUT2D eigenvalue weighted by Crippen LogP contribution is 2.23. The predicted molar refractivity (Wildman–Crippen MR) is 125 cm³/mol. The molecular formula is C25H32N4O2. The summed E-state index contributed by atoms with van der Waals surface area (Å²) in [5.41, 5.74) is 4.23. The van der Waals surface area contributed by atoms with Crippen LogP contribution in [-0.2, 0) is 10.2 Å². The molecule has 0 bridgehead atoms. The van der Waals surface area contributed by atoms with Crippen molar-refractivity contribution in [2.24, 2.45) is 0 Å². The second-order valence-corrected chi connectivity index (χ2v) is 8.92. The SMILES string of the molecule is Cc1nc2ccccn2c1C(=O)NCCCCCC(=O)Nc1ccc(C(C)(C)C)cc1. The van der Waals surface area contributed by atoms with Crippen LogP contribution in [0.1, 0.15) is 68.2 Å². The third-order valence-corrected chi connectivity index (χ3v) is 5.32. The van der Waals surface area contributed by atoms with Crippen LogP contribution in [0.5, 0.6) is 0 Å². The van der Waals surface area contributed by atoms with Gasteiger partial charge in [0.05, 0.1) is 5.69 Å². The molecule has 6 nitrogen and oxygen atoms in total. The van der Waals surface area contributed by atoms with Crippen LogP contribution >= 0.6 is 0 Å². The van der Waals surface area contributed by atoms with Crippen LogP contribution in [-0.4, -0.2) is 27.7 Å². The maximum atomic E-state index is 12.5. The van der Waals surface area contributed by atoms with Gasteiger partial charge in [-0.3, -0.25) is 14.0 Å². The van der Waals surface area contributed by atoms with E-state index in [1.807, 2.05) is 47.9 Å². The Hall–Kier alpha value is -3.15. The van der Waals surface area contributed by atoms with Crippen molar-refractivity contribution < 1.29 is 9.59 Å². The summed E-state index contributed by atoms with van der Waals surface area (Å²) in [6, 6.07) is 13.7. The lowest BCUT2D eigenvalue weighted by Crippen LogP contribution is -2.26. The molecule has 0 spiro atoms. The Bertz CT molecular complexity index is 1050. The van der Waals surface area contributed by atoms with E-state index in [4.69, 9.17) is 0 Å². The molecule has 2 N–H and O–H groups in total. The topological polar surface area (TPSA) is 75.5 Å². The lowest BCUT2D eigenvalue weighted by molar-refractivity contribution is -0.116. The zero-order valence-corrected chi connectivity index (χ0v) is 18.9. The monoisotopic (exact) mass is 420 g/mol. The largest absolute Gasteiger partial charge is 0.351 e. The average molecular weight is 421 g/mol. The third-order valence-electron chi connectivity index (χ3n) is 5.32. The van der Waals surface area contributed by atoms with Gasteiger partial charge < -0.3 is 10.6 Å². The number of rotatable bonds is 8. The number of carbonyl (C=O) groups is 2. The molecule has 0 aliphatic heterocycles. The molecule has 0 saturated heterocycles. The summed E-state index contributed by atoms with van der Waals surface area (Å²) >= 11 is 0. The Morgan fingerprint density at radius 2 is 1.74 bits per heavy atom. The molecule has 0 aliphatic rings. The van der Waals surface area contributed by atoms with Crippen molar-refractivity contribution in [2.75, 3.05) is 11.9 Å². The number of carbonyl (C=O) groups excluding carboxylic acids is 2. The van der Waals surface area contributed by atoms with Crippen LogP contribution in [0, 0.1) is 6.92 Å². The summed E-state index contributed by atoms with van der Waals surface area (Å²) in [5, 5.41) is 5.92. The smallest absolute Gasteiger partial charge is 0.270 e. The van der Waals surface area contributed by atoms with Gasteiger partial charge in [-0.2, -0.15) is 0 Å². The molecule has 0 unspecified atom stereocenters. The Morgan fingerprint density at radius 3 is 2.45 bits per heavy atom. The van der Waals surface area contributed by atoms with Crippen LogP contribution in [0.25, 0.3) is 5.65 Å². The molecule has 31 heavy (non-hydrogen) atoms.